The molecular formula is C18H17NO4S. The third-order valence-electron chi connectivity index (χ3n) is 3.25. The highest BCUT2D eigenvalue weighted by atomic mass is 32.1. The third-order valence-corrected chi connectivity index (χ3v) is 3.61. The Balaban J connectivity index is 1.89. The number of carbonyl (C=O) groups excluding carboxylic acids is 1. The maximum absolute atomic E-state index is 11.9. The number of ether oxygens (including phenoxy) is 1. The van der Waals surface area contributed by atoms with E-state index in [0.29, 0.717) is 5.56 Å². The van der Waals surface area contributed by atoms with Gasteiger partial charge in [-0.05, 0) is 5.56 Å². The molecule has 2 aromatic rings. The first-order chi connectivity index (χ1) is 11.6. The van der Waals surface area contributed by atoms with Gasteiger partial charge in [-0.25, -0.2) is 4.79 Å². The molecule has 0 saturated carbocycles. The van der Waals surface area contributed by atoms with Crippen LogP contribution in [0.5, 0.6) is 0 Å². The highest BCUT2D eigenvalue weighted by Crippen LogP contribution is 2.05. The van der Waals surface area contributed by atoms with E-state index in [9.17, 15) is 14.7 Å². The first-order valence-electron chi connectivity index (χ1n) is 7.34. The fraction of sp³-hybridized carbons (Fsp3) is 0.167. The van der Waals surface area contributed by atoms with Gasteiger partial charge in [0.25, 0.3) is 0 Å². The molecule has 2 rings (SSSR count). The molecule has 0 spiro atoms. The van der Waals surface area contributed by atoms with Crippen LogP contribution in [-0.4, -0.2) is 28.1 Å². The molecule has 24 heavy (non-hydrogen) atoms. The van der Waals surface area contributed by atoms with Gasteiger partial charge in [0.2, 0.25) is 0 Å². The van der Waals surface area contributed by atoms with Crippen molar-refractivity contribution in [1.29, 1.82) is 0 Å². The molecule has 0 bridgehead atoms. The van der Waals surface area contributed by atoms with Gasteiger partial charge < -0.3 is 15.2 Å². The lowest BCUT2D eigenvalue weighted by atomic mass is 10.1. The predicted molar refractivity (Wildman–Crippen MR) is 93.6 cm³/mol. The van der Waals surface area contributed by atoms with E-state index < -0.39 is 18.0 Å². The van der Waals surface area contributed by atoms with Crippen LogP contribution in [0.15, 0.2) is 60.7 Å². The first kappa shape index (κ1) is 17.6. The van der Waals surface area contributed by atoms with Gasteiger partial charge in [0.15, 0.2) is 0 Å². The zero-order valence-corrected chi connectivity index (χ0v) is 13.7. The second kappa shape index (κ2) is 8.79. The summed E-state index contributed by atoms with van der Waals surface area (Å²) in [6.07, 6.45) is -0.310. The molecule has 0 unspecified atom stereocenters. The zero-order chi connectivity index (χ0) is 17.4. The van der Waals surface area contributed by atoms with E-state index in [0.717, 1.165) is 5.56 Å². The molecule has 6 heteroatoms. The monoisotopic (exact) mass is 343 g/mol. The third kappa shape index (κ3) is 5.48. The molecule has 1 atom stereocenters. The summed E-state index contributed by atoms with van der Waals surface area (Å²) in [4.78, 5) is 23.5. The molecule has 2 aromatic carbocycles. The van der Waals surface area contributed by atoms with Crippen molar-refractivity contribution in [1.82, 2.24) is 5.32 Å². The van der Waals surface area contributed by atoms with Crippen LogP contribution in [-0.2, 0) is 20.9 Å². The van der Waals surface area contributed by atoms with Gasteiger partial charge in [0.05, 0.1) is 6.42 Å². The van der Waals surface area contributed by atoms with E-state index in [2.05, 4.69) is 5.32 Å². The Hall–Kier alpha value is -2.73. The smallest absolute Gasteiger partial charge is 0.326 e. The van der Waals surface area contributed by atoms with Crippen molar-refractivity contribution in [3.05, 3.63) is 71.8 Å². The minimum Gasteiger partial charge on any atom is -0.480 e. The van der Waals surface area contributed by atoms with Gasteiger partial charge in [-0.2, -0.15) is 0 Å². The Morgan fingerprint density at radius 3 is 2.21 bits per heavy atom. The molecule has 0 aliphatic rings. The normalized spacial score (nSPS) is 11.3. The lowest BCUT2D eigenvalue weighted by Crippen LogP contribution is -2.42. The van der Waals surface area contributed by atoms with Crippen LogP contribution in [0.2, 0.25) is 0 Å². The van der Waals surface area contributed by atoms with Crippen molar-refractivity contribution in [2.24, 2.45) is 0 Å². The van der Waals surface area contributed by atoms with Crippen LogP contribution in [0.4, 0.5) is 0 Å². The van der Waals surface area contributed by atoms with Crippen molar-refractivity contribution < 1.29 is 19.4 Å². The maximum Gasteiger partial charge on any atom is 0.326 e. The fourth-order valence-corrected chi connectivity index (χ4v) is 2.27. The maximum atomic E-state index is 11.9. The molecule has 2 N–H and O–H groups in total. The number of benzene rings is 2. The summed E-state index contributed by atoms with van der Waals surface area (Å²) in [5.41, 5.74) is 1.53. The average molecular weight is 343 g/mol. The van der Waals surface area contributed by atoms with Crippen molar-refractivity contribution >= 4 is 29.1 Å². The number of carboxylic acids is 1. The minimum atomic E-state index is -1.16. The van der Waals surface area contributed by atoms with E-state index in [1.165, 1.54) is 0 Å². The summed E-state index contributed by atoms with van der Waals surface area (Å²) in [7, 11) is 0. The summed E-state index contributed by atoms with van der Waals surface area (Å²) in [5, 5.41) is 12.0. The van der Waals surface area contributed by atoms with Crippen molar-refractivity contribution in [2.45, 2.75) is 19.1 Å². The zero-order valence-electron chi connectivity index (χ0n) is 12.8. The van der Waals surface area contributed by atoms with Crippen LogP contribution < -0.4 is 5.32 Å². The second-order valence-corrected chi connectivity index (χ2v) is 5.49. The largest absolute Gasteiger partial charge is 0.480 e. The van der Waals surface area contributed by atoms with Crippen LogP contribution >= 0.6 is 12.2 Å². The van der Waals surface area contributed by atoms with E-state index in [1.807, 2.05) is 36.4 Å². The van der Waals surface area contributed by atoms with Crippen LogP contribution in [0.25, 0.3) is 0 Å². The Morgan fingerprint density at radius 1 is 1.04 bits per heavy atom. The minimum absolute atomic E-state index is 0.106. The van der Waals surface area contributed by atoms with Crippen molar-refractivity contribution in [2.75, 3.05) is 0 Å². The summed E-state index contributed by atoms with van der Waals surface area (Å²) in [6.45, 7) is 0.106. The number of esters is 1. The lowest BCUT2D eigenvalue weighted by Gasteiger charge is -2.16. The Kier molecular flexibility index (Phi) is 6.45. The molecule has 0 aliphatic carbocycles. The van der Waals surface area contributed by atoms with Crippen molar-refractivity contribution in [3.63, 3.8) is 0 Å². The van der Waals surface area contributed by atoms with Gasteiger partial charge in [-0.1, -0.05) is 72.9 Å². The molecule has 0 aromatic heterocycles. The standard InChI is InChI=1S/C18H17NO4S/c20-16(23-12-13-7-3-1-4-8-13)11-15(18(21)22)19-17(24)14-9-5-2-6-10-14/h1-10,15H,11-12H2,(H,19,24)(H,21,22)/t15-/m0/s1. The highest BCUT2D eigenvalue weighted by Gasteiger charge is 2.23. The Morgan fingerprint density at radius 2 is 1.62 bits per heavy atom. The molecule has 124 valence electrons. The molecule has 0 radical (unpaired) electrons. The molecule has 0 fully saturated rings. The van der Waals surface area contributed by atoms with Gasteiger partial charge in [0.1, 0.15) is 17.6 Å². The summed E-state index contributed by atoms with van der Waals surface area (Å²) in [6, 6.07) is 17.0. The lowest BCUT2D eigenvalue weighted by molar-refractivity contribution is -0.150. The number of hydrogen-bond donors (Lipinski definition) is 2. The number of nitrogens with one attached hydrogen (secondary N) is 1. The highest BCUT2D eigenvalue weighted by molar-refractivity contribution is 7.80. The van der Waals surface area contributed by atoms with E-state index >= 15 is 0 Å². The van der Waals surface area contributed by atoms with Gasteiger partial charge >= 0.3 is 11.9 Å². The van der Waals surface area contributed by atoms with Crippen LogP contribution in [0.3, 0.4) is 0 Å². The quantitative estimate of drug-likeness (QED) is 0.594. The summed E-state index contributed by atoms with van der Waals surface area (Å²) >= 11 is 5.18. The number of hydrogen-bond acceptors (Lipinski definition) is 4. The molecular weight excluding hydrogens is 326 g/mol. The SMILES string of the molecule is O=C(C[C@H](NC(=S)c1ccccc1)C(=O)O)OCc1ccccc1. The molecule has 0 amide bonds. The number of carboxylic acid groups (broad SMARTS) is 1. The summed E-state index contributed by atoms with van der Waals surface area (Å²) < 4.78 is 5.11. The first-order valence-corrected chi connectivity index (χ1v) is 7.75. The molecule has 5 nitrogen and oxygen atoms in total. The Bertz CT molecular complexity index is 703. The number of aliphatic carboxylic acids is 1. The molecule has 0 saturated heterocycles. The summed E-state index contributed by atoms with van der Waals surface area (Å²) in [5.74, 6) is -1.76. The molecule has 0 aliphatic heterocycles. The van der Waals surface area contributed by atoms with Crippen LogP contribution in [0, 0.1) is 0 Å². The second-order valence-electron chi connectivity index (χ2n) is 5.08. The average Bonchev–Trinajstić information content (AvgIpc) is 2.61. The number of carbonyl (C=O) groups is 2. The fourth-order valence-electron chi connectivity index (χ4n) is 1.99. The van der Waals surface area contributed by atoms with Gasteiger partial charge in [-0.3, -0.25) is 4.79 Å². The van der Waals surface area contributed by atoms with Crippen LogP contribution in [0.1, 0.15) is 17.5 Å². The van der Waals surface area contributed by atoms with Gasteiger partial charge in [0, 0.05) is 5.56 Å². The predicted octanol–water partition coefficient (Wildman–Crippen LogP) is 2.54. The van der Waals surface area contributed by atoms with Gasteiger partial charge in [-0.15, -0.1) is 0 Å². The topological polar surface area (TPSA) is 75.6 Å². The molecule has 0 heterocycles. The Labute approximate surface area is 145 Å². The van der Waals surface area contributed by atoms with E-state index in [4.69, 9.17) is 17.0 Å². The van der Waals surface area contributed by atoms with Crippen molar-refractivity contribution in [3.8, 4) is 0 Å². The number of thiocarbonyl (C=S) groups is 1. The van der Waals surface area contributed by atoms with E-state index in [1.54, 1.807) is 24.3 Å². The van der Waals surface area contributed by atoms with E-state index in [-0.39, 0.29) is 18.0 Å². The number of rotatable bonds is 7.